The predicted octanol–water partition coefficient (Wildman–Crippen LogP) is 2.52. The lowest BCUT2D eigenvalue weighted by molar-refractivity contribution is 0.142. The maximum absolute atomic E-state index is 6.26. The van der Waals surface area contributed by atoms with Crippen LogP contribution in [0.2, 0.25) is 0 Å². The van der Waals surface area contributed by atoms with Crippen LogP contribution in [0.3, 0.4) is 0 Å². The SMILES string of the molecule is CN(C)C1CCN(CC[C@@H](N)CSc2ccccc2)CC1. The fourth-order valence-corrected chi connectivity index (χ4v) is 3.73. The number of piperidine rings is 1. The Bertz CT molecular complexity index is 388. The quantitative estimate of drug-likeness (QED) is 0.785. The third kappa shape index (κ3) is 5.99. The molecule has 1 atom stereocenters. The van der Waals surface area contributed by atoms with Crippen LogP contribution in [0.4, 0.5) is 0 Å². The number of hydrogen-bond acceptors (Lipinski definition) is 4. The van der Waals surface area contributed by atoms with Gasteiger partial charge in [0.05, 0.1) is 0 Å². The number of hydrogen-bond donors (Lipinski definition) is 1. The molecular weight excluding hydrogens is 278 g/mol. The molecule has 3 nitrogen and oxygen atoms in total. The van der Waals surface area contributed by atoms with Crippen LogP contribution >= 0.6 is 11.8 Å². The van der Waals surface area contributed by atoms with Crippen LogP contribution < -0.4 is 5.73 Å². The summed E-state index contributed by atoms with van der Waals surface area (Å²) in [6, 6.07) is 11.6. The molecule has 0 saturated carbocycles. The number of nitrogens with two attached hydrogens (primary N) is 1. The van der Waals surface area contributed by atoms with E-state index in [-0.39, 0.29) is 0 Å². The highest BCUT2D eigenvalue weighted by Crippen LogP contribution is 2.19. The first-order valence-electron chi connectivity index (χ1n) is 7.97. The average Bonchev–Trinajstić information content (AvgIpc) is 2.52. The van der Waals surface area contributed by atoms with Gasteiger partial charge in [-0.3, -0.25) is 0 Å². The number of thioether (sulfide) groups is 1. The van der Waals surface area contributed by atoms with Gasteiger partial charge in [0.1, 0.15) is 0 Å². The molecule has 1 aliphatic rings. The van der Waals surface area contributed by atoms with Gasteiger partial charge in [0.25, 0.3) is 0 Å². The lowest BCUT2D eigenvalue weighted by atomic mass is 10.0. The van der Waals surface area contributed by atoms with Crippen molar-refractivity contribution in [2.45, 2.75) is 36.2 Å². The highest BCUT2D eigenvalue weighted by atomic mass is 32.2. The number of nitrogens with zero attached hydrogens (tertiary/aromatic N) is 2. The maximum Gasteiger partial charge on any atom is 0.0146 e. The van der Waals surface area contributed by atoms with Crippen LogP contribution in [-0.2, 0) is 0 Å². The van der Waals surface area contributed by atoms with Crippen molar-refractivity contribution in [3.05, 3.63) is 30.3 Å². The van der Waals surface area contributed by atoms with Crippen molar-refractivity contribution in [1.29, 1.82) is 0 Å². The van der Waals surface area contributed by atoms with E-state index in [1.54, 1.807) is 0 Å². The summed E-state index contributed by atoms with van der Waals surface area (Å²) < 4.78 is 0. The van der Waals surface area contributed by atoms with Crippen LogP contribution in [0.25, 0.3) is 0 Å². The van der Waals surface area contributed by atoms with Gasteiger partial charge in [-0.1, -0.05) is 18.2 Å². The molecule has 2 N–H and O–H groups in total. The molecule has 0 aliphatic carbocycles. The van der Waals surface area contributed by atoms with E-state index >= 15 is 0 Å². The molecule has 1 aliphatic heterocycles. The molecule has 1 fully saturated rings. The summed E-state index contributed by atoms with van der Waals surface area (Å²) >= 11 is 1.87. The third-order valence-electron chi connectivity index (χ3n) is 4.31. The molecular formula is C17H29N3S. The van der Waals surface area contributed by atoms with Gasteiger partial charge in [-0.05, 0) is 65.1 Å². The Morgan fingerprint density at radius 2 is 1.90 bits per heavy atom. The van der Waals surface area contributed by atoms with E-state index < -0.39 is 0 Å². The largest absolute Gasteiger partial charge is 0.327 e. The second-order valence-corrected chi connectivity index (χ2v) is 7.30. The van der Waals surface area contributed by atoms with Gasteiger partial charge in [-0.25, -0.2) is 0 Å². The summed E-state index contributed by atoms with van der Waals surface area (Å²) in [6.07, 6.45) is 3.69. The molecule has 1 saturated heterocycles. The smallest absolute Gasteiger partial charge is 0.0146 e. The molecule has 0 radical (unpaired) electrons. The van der Waals surface area contributed by atoms with Gasteiger partial charge in [0.2, 0.25) is 0 Å². The molecule has 0 unspecified atom stereocenters. The molecule has 0 spiro atoms. The van der Waals surface area contributed by atoms with Gasteiger partial charge in [-0.15, -0.1) is 11.8 Å². The fourth-order valence-electron chi connectivity index (χ4n) is 2.81. The lowest BCUT2D eigenvalue weighted by Crippen LogP contribution is -2.43. The first kappa shape index (κ1) is 16.8. The maximum atomic E-state index is 6.26. The van der Waals surface area contributed by atoms with E-state index in [9.17, 15) is 0 Å². The Balaban J connectivity index is 1.60. The first-order chi connectivity index (χ1) is 10.1. The summed E-state index contributed by atoms with van der Waals surface area (Å²) in [6.45, 7) is 3.60. The van der Waals surface area contributed by atoms with Crippen molar-refractivity contribution < 1.29 is 0 Å². The molecule has 118 valence electrons. The molecule has 21 heavy (non-hydrogen) atoms. The van der Waals surface area contributed by atoms with E-state index in [4.69, 9.17) is 5.73 Å². The molecule has 2 rings (SSSR count). The van der Waals surface area contributed by atoms with Gasteiger partial charge < -0.3 is 15.5 Å². The minimum absolute atomic E-state index is 0.293. The summed E-state index contributed by atoms with van der Waals surface area (Å²) in [4.78, 5) is 6.26. The molecule has 0 amide bonds. The van der Waals surface area contributed by atoms with Gasteiger partial charge in [0, 0.05) is 22.7 Å². The van der Waals surface area contributed by atoms with Crippen LogP contribution in [0, 0.1) is 0 Å². The molecule has 1 aromatic carbocycles. The highest BCUT2D eigenvalue weighted by molar-refractivity contribution is 7.99. The van der Waals surface area contributed by atoms with Crippen LogP contribution in [-0.4, -0.2) is 61.4 Å². The Kier molecular flexibility index (Phi) is 7.04. The number of benzene rings is 1. The van der Waals surface area contributed by atoms with E-state index in [0.717, 1.165) is 24.8 Å². The highest BCUT2D eigenvalue weighted by Gasteiger charge is 2.20. The van der Waals surface area contributed by atoms with Crippen molar-refractivity contribution in [2.24, 2.45) is 5.73 Å². The first-order valence-corrected chi connectivity index (χ1v) is 8.96. The minimum Gasteiger partial charge on any atom is -0.327 e. The molecule has 4 heteroatoms. The molecule has 1 aromatic rings. The van der Waals surface area contributed by atoms with Gasteiger partial charge in [0.15, 0.2) is 0 Å². The zero-order chi connectivity index (χ0) is 15.1. The Hall–Kier alpha value is -0.550. The normalized spacial score (nSPS) is 19.0. The summed E-state index contributed by atoms with van der Waals surface area (Å²) in [5.74, 6) is 1.01. The van der Waals surface area contributed by atoms with E-state index in [2.05, 4.69) is 54.2 Å². The Labute approximate surface area is 133 Å². The van der Waals surface area contributed by atoms with Crippen LogP contribution in [0.15, 0.2) is 35.2 Å². The summed E-state index contributed by atoms with van der Waals surface area (Å²) in [5.41, 5.74) is 6.26. The van der Waals surface area contributed by atoms with E-state index in [1.165, 1.54) is 30.8 Å². The standard InChI is InChI=1S/C17H29N3S/c1-19(2)16-9-12-20(13-10-16)11-8-15(18)14-21-17-6-4-3-5-7-17/h3-7,15-16H,8-14,18H2,1-2H3/t15-/m1/s1. The van der Waals surface area contributed by atoms with Crippen LogP contribution in [0.1, 0.15) is 19.3 Å². The summed E-state index contributed by atoms with van der Waals surface area (Å²) in [7, 11) is 4.38. The average molecular weight is 308 g/mol. The Morgan fingerprint density at radius 1 is 1.24 bits per heavy atom. The second kappa shape index (κ2) is 8.79. The van der Waals surface area contributed by atoms with Gasteiger partial charge >= 0.3 is 0 Å². The third-order valence-corrected chi connectivity index (χ3v) is 5.51. The van der Waals surface area contributed by atoms with Crippen molar-refractivity contribution >= 4 is 11.8 Å². The number of rotatable bonds is 7. The zero-order valence-corrected chi connectivity index (χ0v) is 14.2. The Morgan fingerprint density at radius 3 is 2.52 bits per heavy atom. The fraction of sp³-hybridized carbons (Fsp3) is 0.647. The van der Waals surface area contributed by atoms with Gasteiger partial charge in [-0.2, -0.15) is 0 Å². The van der Waals surface area contributed by atoms with E-state index in [1.807, 2.05) is 11.8 Å². The summed E-state index contributed by atoms with van der Waals surface area (Å²) in [5, 5.41) is 0. The van der Waals surface area contributed by atoms with Crippen molar-refractivity contribution in [3.8, 4) is 0 Å². The van der Waals surface area contributed by atoms with E-state index in [0.29, 0.717) is 6.04 Å². The minimum atomic E-state index is 0.293. The topological polar surface area (TPSA) is 32.5 Å². The molecule has 0 bridgehead atoms. The lowest BCUT2D eigenvalue weighted by Gasteiger charge is -2.35. The second-order valence-electron chi connectivity index (χ2n) is 6.21. The van der Waals surface area contributed by atoms with Crippen molar-refractivity contribution in [3.63, 3.8) is 0 Å². The molecule has 1 heterocycles. The zero-order valence-electron chi connectivity index (χ0n) is 13.4. The van der Waals surface area contributed by atoms with Crippen molar-refractivity contribution in [1.82, 2.24) is 9.80 Å². The number of likely N-dealkylation sites (tertiary alicyclic amines) is 1. The van der Waals surface area contributed by atoms with Crippen molar-refractivity contribution in [2.75, 3.05) is 39.5 Å². The predicted molar refractivity (Wildman–Crippen MR) is 92.9 cm³/mol. The monoisotopic (exact) mass is 307 g/mol. The molecule has 0 aromatic heterocycles. The van der Waals surface area contributed by atoms with Crippen LogP contribution in [0.5, 0.6) is 0 Å².